The Balaban J connectivity index is 2.09. The molecule has 1 aromatic carbocycles. The average Bonchev–Trinajstić information content (AvgIpc) is 2.73. The quantitative estimate of drug-likeness (QED) is 0.565. The fourth-order valence-electron chi connectivity index (χ4n) is 3.04. The standard InChI is InChI=1S/C19H27N3O6/c1-26-12-17(23)22-9-8-20-11-16(22)18(24)21-15(19(25)28-3)10-13-4-6-14(27-2)7-5-13/h4-7,15-16,20H,8-12H2,1-3H3,(H,21,24)/t15-,16-/m0/s1. The Hall–Kier alpha value is -2.65. The van der Waals surface area contributed by atoms with Crippen LogP contribution in [0.5, 0.6) is 5.75 Å². The number of piperazine rings is 1. The molecule has 28 heavy (non-hydrogen) atoms. The van der Waals surface area contributed by atoms with Gasteiger partial charge in [-0.05, 0) is 17.7 Å². The Labute approximate surface area is 164 Å². The molecule has 1 aliphatic heterocycles. The number of nitrogens with zero attached hydrogens (tertiary/aromatic N) is 1. The highest BCUT2D eigenvalue weighted by molar-refractivity contribution is 5.91. The summed E-state index contributed by atoms with van der Waals surface area (Å²) in [5.74, 6) is -0.542. The number of hydrogen-bond donors (Lipinski definition) is 2. The van der Waals surface area contributed by atoms with Crippen LogP contribution in [0.25, 0.3) is 0 Å². The second-order valence-corrected chi connectivity index (χ2v) is 6.38. The lowest BCUT2D eigenvalue weighted by atomic mass is 10.0. The van der Waals surface area contributed by atoms with Crippen LogP contribution in [0.15, 0.2) is 24.3 Å². The lowest BCUT2D eigenvalue weighted by molar-refractivity contribution is -0.148. The first-order chi connectivity index (χ1) is 13.5. The van der Waals surface area contributed by atoms with Gasteiger partial charge in [0.05, 0.1) is 14.2 Å². The first kappa shape index (κ1) is 21.6. The van der Waals surface area contributed by atoms with E-state index in [1.807, 2.05) is 12.1 Å². The fraction of sp³-hybridized carbons (Fsp3) is 0.526. The molecular formula is C19H27N3O6. The molecule has 0 radical (unpaired) electrons. The molecule has 2 atom stereocenters. The Morgan fingerprint density at radius 1 is 1.21 bits per heavy atom. The summed E-state index contributed by atoms with van der Waals surface area (Å²) in [6.07, 6.45) is 0.259. The fourth-order valence-corrected chi connectivity index (χ4v) is 3.04. The van der Waals surface area contributed by atoms with Gasteiger partial charge in [-0.25, -0.2) is 4.79 Å². The van der Waals surface area contributed by atoms with Gasteiger partial charge in [0.15, 0.2) is 0 Å². The van der Waals surface area contributed by atoms with Crippen molar-refractivity contribution in [3.05, 3.63) is 29.8 Å². The van der Waals surface area contributed by atoms with Crippen LogP contribution >= 0.6 is 0 Å². The number of hydrogen-bond acceptors (Lipinski definition) is 7. The summed E-state index contributed by atoms with van der Waals surface area (Å²) in [5, 5.41) is 5.82. The molecule has 1 aromatic rings. The summed E-state index contributed by atoms with van der Waals surface area (Å²) < 4.78 is 14.9. The van der Waals surface area contributed by atoms with Crippen molar-refractivity contribution in [3.8, 4) is 5.75 Å². The summed E-state index contributed by atoms with van der Waals surface area (Å²) in [4.78, 5) is 38.7. The van der Waals surface area contributed by atoms with Crippen LogP contribution < -0.4 is 15.4 Å². The van der Waals surface area contributed by atoms with E-state index in [0.717, 1.165) is 5.56 Å². The van der Waals surface area contributed by atoms with Crippen LogP contribution in [0.4, 0.5) is 0 Å². The summed E-state index contributed by atoms with van der Waals surface area (Å²) in [6, 6.07) is 5.60. The number of rotatable bonds is 8. The minimum atomic E-state index is -0.868. The van der Waals surface area contributed by atoms with Crippen LogP contribution in [-0.4, -0.2) is 82.3 Å². The van der Waals surface area contributed by atoms with Gasteiger partial charge < -0.3 is 29.7 Å². The largest absolute Gasteiger partial charge is 0.497 e. The minimum Gasteiger partial charge on any atom is -0.497 e. The number of esters is 1. The summed E-state index contributed by atoms with van der Waals surface area (Å²) in [6.45, 7) is 1.18. The molecule has 2 amide bonds. The molecule has 9 nitrogen and oxygen atoms in total. The maximum absolute atomic E-state index is 12.8. The van der Waals surface area contributed by atoms with Gasteiger partial charge in [-0.15, -0.1) is 0 Å². The normalized spacial score (nSPS) is 17.5. The highest BCUT2D eigenvalue weighted by Crippen LogP contribution is 2.14. The third-order valence-electron chi connectivity index (χ3n) is 4.54. The predicted octanol–water partition coefficient (Wildman–Crippen LogP) is -0.658. The first-order valence-electron chi connectivity index (χ1n) is 9.00. The van der Waals surface area contributed by atoms with Crippen molar-refractivity contribution in [1.29, 1.82) is 0 Å². The first-order valence-corrected chi connectivity index (χ1v) is 9.00. The van der Waals surface area contributed by atoms with Gasteiger partial charge in [0, 0.05) is 33.2 Å². The number of benzene rings is 1. The number of methoxy groups -OCH3 is 3. The maximum Gasteiger partial charge on any atom is 0.328 e. The molecule has 1 heterocycles. The van der Waals surface area contributed by atoms with Gasteiger partial charge in [0.2, 0.25) is 11.8 Å². The Bertz CT molecular complexity index is 679. The molecule has 2 rings (SSSR count). The Morgan fingerprint density at radius 3 is 2.54 bits per heavy atom. The third-order valence-corrected chi connectivity index (χ3v) is 4.54. The molecule has 154 valence electrons. The molecule has 0 spiro atoms. The van der Waals surface area contributed by atoms with E-state index >= 15 is 0 Å². The van der Waals surface area contributed by atoms with Crippen molar-refractivity contribution >= 4 is 17.8 Å². The number of amides is 2. The van der Waals surface area contributed by atoms with E-state index in [0.29, 0.717) is 25.4 Å². The molecule has 0 bridgehead atoms. The van der Waals surface area contributed by atoms with Crippen molar-refractivity contribution in [3.63, 3.8) is 0 Å². The number of ether oxygens (including phenoxy) is 3. The molecule has 1 aliphatic rings. The van der Waals surface area contributed by atoms with Crippen LogP contribution in [0.3, 0.4) is 0 Å². The molecular weight excluding hydrogens is 366 g/mol. The monoisotopic (exact) mass is 393 g/mol. The maximum atomic E-state index is 12.8. The van der Waals surface area contributed by atoms with Crippen molar-refractivity contribution in [1.82, 2.24) is 15.5 Å². The van der Waals surface area contributed by atoms with Crippen molar-refractivity contribution in [2.45, 2.75) is 18.5 Å². The van der Waals surface area contributed by atoms with Crippen LogP contribution in [0.2, 0.25) is 0 Å². The van der Waals surface area contributed by atoms with Crippen molar-refractivity contribution in [2.24, 2.45) is 0 Å². The molecule has 9 heteroatoms. The van der Waals surface area contributed by atoms with Crippen molar-refractivity contribution < 1.29 is 28.6 Å². The van der Waals surface area contributed by atoms with E-state index in [2.05, 4.69) is 10.6 Å². The average molecular weight is 393 g/mol. The van der Waals surface area contributed by atoms with Crippen molar-refractivity contribution in [2.75, 3.05) is 47.6 Å². The highest BCUT2D eigenvalue weighted by Gasteiger charge is 2.34. The minimum absolute atomic E-state index is 0.101. The topological polar surface area (TPSA) is 106 Å². The van der Waals surface area contributed by atoms with E-state index in [1.54, 1.807) is 19.2 Å². The van der Waals surface area contributed by atoms with Gasteiger partial charge in [-0.2, -0.15) is 0 Å². The molecule has 1 saturated heterocycles. The number of carbonyl (C=O) groups is 3. The van der Waals surface area contributed by atoms with E-state index in [9.17, 15) is 14.4 Å². The Kier molecular flexibility index (Phi) is 8.21. The summed E-state index contributed by atoms with van der Waals surface area (Å²) in [5.41, 5.74) is 0.839. The lowest BCUT2D eigenvalue weighted by Crippen LogP contribution is -2.62. The molecule has 0 aromatic heterocycles. The predicted molar refractivity (Wildman–Crippen MR) is 101 cm³/mol. The summed E-state index contributed by atoms with van der Waals surface area (Å²) in [7, 11) is 4.27. The molecule has 0 unspecified atom stereocenters. The van der Waals surface area contributed by atoms with Crippen LogP contribution in [-0.2, 0) is 30.3 Å². The van der Waals surface area contributed by atoms with E-state index in [-0.39, 0.29) is 18.9 Å². The number of nitrogens with one attached hydrogen (secondary N) is 2. The Morgan fingerprint density at radius 2 is 1.93 bits per heavy atom. The SMILES string of the molecule is COCC(=O)N1CCNC[C@H]1C(=O)N[C@@H](Cc1ccc(OC)cc1)C(=O)OC. The second kappa shape index (κ2) is 10.6. The second-order valence-electron chi connectivity index (χ2n) is 6.38. The van der Waals surface area contributed by atoms with Gasteiger partial charge in [0.1, 0.15) is 24.4 Å². The van der Waals surface area contributed by atoms with Gasteiger partial charge in [0.25, 0.3) is 0 Å². The third kappa shape index (κ3) is 5.67. The van der Waals surface area contributed by atoms with Gasteiger partial charge in [-0.1, -0.05) is 12.1 Å². The van der Waals surface area contributed by atoms with Gasteiger partial charge >= 0.3 is 5.97 Å². The molecule has 0 saturated carbocycles. The van der Waals surface area contributed by atoms with Gasteiger partial charge in [-0.3, -0.25) is 9.59 Å². The van der Waals surface area contributed by atoms with Crippen LogP contribution in [0.1, 0.15) is 5.56 Å². The highest BCUT2D eigenvalue weighted by atomic mass is 16.5. The lowest BCUT2D eigenvalue weighted by Gasteiger charge is -2.35. The summed E-state index contributed by atoms with van der Waals surface area (Å²) >= 11 is 0. The zero-order chi connectivity index (χ0) is 20.5. The van der Waals surface area contributed by atoms with E-state index in [1.165, 1.54) is 19.1 Å². The zero-order valence-corrected chi connectivity index (χ0v) is 16.4. The molecule has 1 fully saturated rings. The van der Waals surface area contributed by atoms with Crippen LogP contribution in [0, 0.1) is 0 Å². The smallest absolute Gasteiger partial charge is 0.328 e. The number of carbonyl (C=O) groups excluding carboxylic acids is 3. The zero-order valence-electron chi connectivity index (χ0n) is 16.4. The molecule has 2 N–H and O–H groups in total. The van der Waals surface area contributed by atoms with E-state index < -0.39 is 24.0 Å². The van der Waals surface area contributed by atoms with E-state index in [4.69, 9.17) is 14.2 Å². The molecule has 0 aliphatic carbocycles.